The first-order valence-corrected chi connectivity index (χ1v) is 5.04. The predicted molar refractivity (Wildman–Crippen MR) is 53.6 cm³/mol. The molecule has 0 saturated carbocycles. The Morgan fingerprint density at radius 2 is 2.19 bits per heavy atom. The van der Waals surface area contributed by atoms with Crippen molar-refractivity contribution in [3.63, 3.8) is 0 Å². The van der Waals surface area contributed by atoms with E-state index in [1.165, 1.54) is 0 Å². The van der Waals surface area contributed by atoms with Gasteiger partial charge in [-0.3, -0.25) is 4.79 Å². The minimum atomic E-state index is -1.45. The highest BCUT2D eigenvalue weighted by Gasteiger charge is 2.31. The first kappa shape index (κ1) is 12.9. The summed E-state index contributed by atoms with van der Waals surface area (Å²) in [4.78, 5) is 21.8. The van der Waals surface area contributed by atoms with Gasteiger partial charge < -0.3 is 26.0 Å². The summed E-state index contributed by atoms with van der Waals surface area (Å²) < 4.78 is 5.03. The maximum Gasteiger partial charge on any atom is 0.332 e. The summed E-state index contributed by atoms with van der Waals surface area (Å²) in [6, 6.07) is -0.315. The summed E-state index contributed by atoms with van der Waals surface area (Å²) in [5.41, 5.74) is 5.63. The fraction of sp³-hybridized carbons (Fsp3) is 0.778. The number of aliphatic hydroxyl groups is 1. The third-order valence-electron chi connectivity index (χ3n) is 2.46. The normalized spacial score (nSPS) is 26.4. The van der Waals surface area contributed by atoms with Gasteiger partial charge in [0, 0.05) is 19.0 Å². The molecule has 7 heteroatoms. The van der Waals surface area contributed by atoms with Crippen LogP contribution in [0.5, 0.6) is 0 Å². The Hall–Kier alpha value is -1.18. The Kier molecular flexibility index (Phi) is 4.66. The zero-order valence-corrected chi connectivity index (χ0v) is 8.76. The van der Waals surface area contributed by atoms with Crippen molar-refractivity contribution in [1.82, 2.24) is 5.32 Å². The maximum atomic E-state index is 11.5. The molecule has 0 aliphatic carbocycles. The van der Waals surface area contributed by atoms with Crippen molar-refractivity contribution in [2.45, 2.75) is 18.6 Å². The van der Waals surface area contributed by atoms with Crippen LogP contribution in [0.1, 0.15) is 6.42 Å². The van der Waals surface area contributed by atoms with Gasteiger partial charge in [-0.2, -0.15) is 0 Å². The molecule has 7 nitrogen and oxygen atoms in total. The highest BCUT2D eigenvalue weighted by molar-refractivity contribution is 5.80. The molecule has 1 aliphatic heterocycles. The topological polar surface area (TPSA) is 122 Å². The van der Waals surface area contributed by atoms with Gasteiger partial charge in [-0.15, -0.1) is 0 Å². The largest absolute Gasteiger partial charge is 0.479 e. The molecule has 1 aliphatic rings. The van der Waals surface area contributed by atoms with Crippen LogP contribution >= 0.6 is 0 Å². The van der Waals surface area contributed by atoms with Gasteiger partial charge in [0.2, 0.25) is 5.91 Å². The third-order valence-corrected chi connectivity index (χ3v) is 2.46. The van der Waals surface area contributed by atoms with E-state index in [0.29, 0.717) is 6.61 Å². The molecule has 0 aromatic heterocycles. The van der Waals surface area contributed by atoms with E-state index >= 15 is 0 Å². The molecule has 0 aromatic rings. The monoisotopic (exact) mass is 232 g/mol. The minimum absolute atomic E-state index is 0.0239. The van der Waals surface area contributed by atoms with Crippen molar-refractivity contribution >= 4 is 11.9 Å². The lowest BCUT2D eigenvalue weighted by atomic mass is 10.0. The number of amides is 1. The van der Waals surface area contributed by atoms with Gasteiger partial charge in [-0.05, 0) is 0 Å². The number of aliphatic hydroxyl groups excluding tert-OH is 1. The van der Waals surface area contributed by atoms with Crippen LogP contribution in [0.3, 0.4) is 0 Å². The molecule has 0 aromatic carbocycles. The fourth-order valence-corrected chi connectivity index (χ4v) is 1.43. The fourth-order valence-electron chi connectivity index (χ4n) is 1.43. The number of aliphatic carboxylic acids is 1. The lowest BCUT2D eigenvalue weighted by molar-refractivity contribution is -0.147. The van der Waals surface area contributed by atoms with Gasteiger partial charge in [-0.25, -0.2) is 4.79 Å². The van der Waals surface area contributed by atoms with Crippen LogP contribution < -0.4 is 11.1 Å². The standard InChI is InChI=1S/C9H16N2O5/c10-6-4-16-3-5(6)8(13)11-2-1-7(12)9(14)15/h5-7,12H,1-4,10H2,(H,11,13)(H,14,15). The number of hydrogen-bond donors (Lipinski definition) is 4. The van der Waals surface area contributed by atoms with Crippen LogP contribution in [-0.2, 0) is 14.3 Å². The summed E-state index contributed by atoms with van der Waals surface area (Å²) in [7, 11) is 0. The van der Waals surface area contributed by atoms with Gasteiger partial charge in [-0.1, -0.05) is 0 Å². The summed E-state index contributed by atoms with van der Waals surface area (Å²) in [5, 5.41) is 19.9. The molecule has 1 rings (SSSR count). The van der Waals surface area contributed by atoms with Crippen molar-refractivity contribution in [2.24, 2.45) is 11.7 Å². The van der Waals surface area contributed by atoms with E-state index in [-0.39, 0.29) is 37.4 Å². The van der Waals surface area contributed by atoms with Gasteiger partial charge in [0.1, 0.15) is 0 Å². The number of ether oxygens (including phenoxy) is 1. The molecular formula is C9H16N2O5. The first-order valence-electron chi connectivity index (χ1n) is 5.04. The zero-order chi connectivity index (χ0) is 12.1. The number of carboxylic acids is 1. The van der Waals surface area contributed by atoms with E-state index in [9.17, 15) is 9.59 Å². The van der Waals surface area contributed by atoms with Gasteiger partial charge in [0.05, 0.1) is 19.1 Å². The minimum Gasteiger partial charge on any atom is -0.479 e. The van der Waals surface area contributed by atoms with E-state index in [0.717, 1.165) is 0 Å². The highest BCUT2D eigenvalue weighted by Crippen LogP contribution is 2.11. The molecule has 3 unspecified atom stereocenters. The van der Waals surface area contributed by atoms with Crippen molar-refractivity contribution in [3.8, 4) is 0 Å². The molecule has 3 atom stereocenters. The number of carboxylic acid groups (broad SMARTS) is 1. The second-order valence-electron chi connectivity index (χ2n) is 3.74. The number of hydrogen-bond acceptors (Lipinski definition) is 5. The molecule has 1 heterocycles. The van der Waals surface area contributed by atoms with Crippen LogP contribution in [0.4, 0.5) is 0 Å². The second kappa shape index (κ2) is 5.78. The summed E-state index contributed by atoms with van der Waals surface area (Å²) in [6.45, 7) is 0.750. The van der Waals surface area contributed by atoms with Crippen molar-refractivity contribution in [2.75, 3.05) is 19.8 Å². The molecule has 0 bridgehead atoms. The third kappa shape index (κ3) is 3.44. The quantitative estimate of drug-likeness (QED) is 0.431. The van der Waals surface area contributed by atoms with Crippen molar-refractivity contribution in [3.05, 3.63) is 0 Å². The molecule has 0 radical (unpaired) electrons. The SMILES string of the molecule is NC1COCC1C(=O)NCCC(O)C(=O)O. The average Bonchev–Trinajstić information content (AvgIpc) is 2.64. The van der Waals surface area contributed by atoms with Crippen molar-refractivity contribution < 1.29 is 24.5 Å². The Morgan fingerprint density at radius 3 is 2.69 bits per heavy atom. The number of nitrogens with one attached hydrogen (secondary N) is 1. The first-order chi connectivity index (χ1) is 7.52. The molecule has 1 amide bonds. The zero-order valence-electron chi connectivity index (χ0n) is 8.76. The van der Waals surface area contributed by atoms with Gasteiger partial charge in [0.25, 0.3) is 0 Å². The summed E-state index contributed by atoms with van der Waals surface area (Å²) in [5.74, 6) is -1.94. The van der Waals surface area contributed by atoms with E-state index in [1.54, 1.807) is 0 Å². The lowest BCUT2D eigenvalue weighted by Crippen LogP contribution is -2.42. The van der Waals surface area contributed by atoms with E-state index in [1.807, 2.05) is 0 Å². The molecular weight excluding hydrogens is 216 g/mol. The van der Waals surface area contributed by atoms with Crippen molar-refractivity contribution in [1.29, 1.82) is 0 Å². The van der Waals surface area contributed by atoms with Crippen LogP contribution in [0.25, 0.3) is 0 Å². The van der Waals surface area contributed by atoms with Crippen LogP contribution in [0.15, 0.2) is 0 Å². The average molecular weight is 232 g/mol. The Bertz CT molecular complexity index is 271. The molecule has 5 N–H and O–H groups in total. The van der Waals surface area contributed by atoms with E-state index in [4.69, 9.17) is 20.7 Å². The molecule has 1 saturated heterocycles. The van der Waals surface area contributed by atoms with Gasteiger partial charge in [0.15, 0.2) is 6.10 Å². The summed E-state index contributed by atoms with van der Waals surface area (Å²) in [6.07, 6.45) is -1.47. The highest BCUT2D eigenvalue weighted by atomic mass is 16.5. The Labute approximate surface area is 92.6 Å². The molecule has 0 spiro atoms. The molecule has 1 fully saturated rings. The second-order valence-corrected chi connectivity index (χ2v) is 3.74. The number of nitrogens with two attached hydrogens (primary N) is 1. The Balaban J connectivity index is 2.22. The van der Waals surface area contributed by atoms with Crippen LogP contribution in [-0.4, -0.2) is 54.0 Å². The predicted octanol–water partition coefficient (Wildman–Crippen LogP) is -2.09. The Morgan fingerprint density at radius 1 is 1.50 bits per heavy atom. The maximum absolute atomic E-state index is 11.5. The van der Waals surface area contributed by atoms with E-state index < -0.39 is 12.1 Å². The number of carbonyl (C=O) groups excluding carboxylic acids is 1. The van der Waals surface area contributed by atoms with Crippen LogP contribution in [0.2, 0.25) is 0 Å². The van der Waals surface area contributed by atoms with Gasteiger partial charge >= 0.3 is 5.97 Å². The number of rotatable bonds is 5. The lowest BCUT2D eigenvalue weighted by Gasteiger charge is -2.13. The molecule has 16 heavy (non-hydrogen) atoms. The van der Waals surface area contributed by atoms with E-state index in [2.05, 4.69) is 5.32 Å². The summed E-state index contributed by atoms with van der Waals surface area (Å²) >= 11 is 0. The molecule has 92 valence electrons. The van der Waals surface area contributed by atoms with Crippen LogP contribution in [0, 0.1) is 5.92 Å². The number of carbonyl (C=O) groups is 2. The smallest absolute Gasteiger partial charge is 0.332 e.